The van der Waals surface area contributed by atoms with Gasteiger partial charge in [-0.3, -0.25) is 9.36 Å². The van der Waals surface area contributed by atoms with Crippen molar-refractivity contribution in [2.24, 2.45) is 7.05 Å². The molecule has 5 nitrogen and oxygen atoms in total. The van der Waals surface area contributed by atoms with E-state index in [9.17, 15) is 9.18 Å². The van der Waals surface area contributed by atoms with Gasteiger partial charge in [-0.05, 0) is 62.1 Å². The number of halogens is 1. The Labute approximate surface area is 181 Å². The summed E-state index contributed by atoms with van der Waals surface area (Å²) in [5, 5.41) is 0.287. The predicted octanol–water partition coefficient (Wildman–Crippen LogP) is 4.53. The maximum Gasteiger partial charge on any atom is 0.261 e. The van der Waals surface area contributed by atoms with E-state index < -0.39 is 5.82 Å². The zero-order chi connectivity index (χ0) is 21.4. The first-order chi connectivity index (χ1) is 15.1. The normalized spacial score (nSPS) is 18.6. The third-order valence-corrected chi connectivity index (χ3v) is 6.79. The van der Waals surface area contributed by atoms with Crippen molar-refractivity contribution < 1.29 is 9.13 Å². The molecule has 31 heavy (non-hydrogen) atoms. The van der Waals surface area contributed by atoms with Gasteiger partial charge in [-0.25, -0.2) is 9.37 Å². The minimum absolute atomic E-state index is 0.106. The van der Waals surface area contributed by atoms with Gasteiger partial charge in [0.1, 0.15) is 29.0 Å². The Bertz CT molecular complexity index is 1130. The second-order valence-electron chi connectivity index (χ2n) is 8.75. The Balaban J connectivity index is 1.30. The van der Waals surface area contributed by atoms with Crippen LogP contribution in [-0.2, 0) is 7.05 Å². The molecule has 0 spiro atoms. The number of piperidine rings is 1. The number of rotatable bonds is 4. The highest BCUT2D eigenvalue weighted by atomic mass is 19.1. The molecule has 0 amide bonds. The molecule has 1 aliphatic carbocycles. The van der Waals surface area contributed by atoms with Crippen molar-refractivity contribution in [1.29, 1.82) is 0 Å². The molecule has 162 valence electrons. The number of fused-ring (bicyclic) bond motifs is 1. The molecule has 2 fully saturated rings. The second-order valence-corrected chi connectivity index (χ2v) is 8.75. The van der Waals surface area contributed by atoms with Gasteiger partial charge < -0.3 is 9.64 Å². The van der Waals surface area contributed by atoms with Gasteiger partial charge in [0.15, 0.2) is 0 Å². The van der Waals surface area contributed by atoms with Crippen LogP contribution in [0.5, 0.6) is 5.75 Å². The molecule has 2 aromatic carbocycles. The standard InChI is InChI=1S/C25H28FN3O2/c1-28-24(27-23-21(25(28)30)7-4-8-22(23)26)17-9-11-19(12-10-17)31-20-13-15-29(16-14-20)18-5-2-3-6-18/h4,7-12,18,20H,2-3,5-6,13-16H2,1H3. The van der Waals surface area contributed by atoms with Gasteiger partial charge in [0.05, 0.1) is 5.39 Å². The SMILES string of the molecule is Cn1c(-c2ccc(OC3CCN(C4CCCC4)CC3)cc2)nc2c(F)cccc2c1=O. The Morgan fingerprint density at radius 2 is 1.71 bits per heavy atom. The van der Waals surface area contributed by atoms with Crippen LogP contribution in [0.15, 0.2) is 47.3 Å². The molecule has 0 N–H and O–H groups in total. The minimum Gasteiger partial charge on any atom is -0.490 e. The summed E-state index contributed by atoms with van der Waals surface area (Å²) in [6.07, 6.45) is 7.79. The van der Waals surface area contributed by atoms with Gasteiger partial charge in [-0.15, -0.1) is 0 Å². The Hall–Kier alpha value is -2.73. The summed E-state index contributed by atoms with van der Waals surface area (Å²) in [6, 6.07) is 12.8. The van der Waals surface area contributed by atoms with Crippen LogP contribution in [0.2, 0.25) is 0 Å². The van der Waals surface area contributed by atoms with Crippen LogP contribution >= 0.6 is 0 Å². The number of para-hydroxylation sites is 1. The number of ether oxygens (including phenoxy) is 1. The zero-order valence-corrected chi connectivity index (χ0v) is 17.9. The number of benzene rings is 2. The maximum atomic E-state index is 14.2. The van der Waals surface area contributed by atoms with Crippen molar-refractivity contribution in [3.63, 3.8) is 0 Å². The van der Waals surface area contributed by atoms with E-state index in [1.165, 1.54) is 42.4 Å². The number of nitrogens with zero attached hydrogens (tertiary/aromatic N) is 3. The molecule has 1 saturated carbocycles. The third kappa shape index (κ3) is 3.97. The molecular weight excluding hydrogens is 393 g/mol. The lowest BCUT2D eigenvalue weighted by molar-refractivity contribution is 0.0768. The molecule has 0 bridgehead atoms. The monoisotopic (exact) mass is 421 g/mol. The summed E-state index contributed by atoms with van der Waals surface area (Å²) in [5.74, 6) is 0.777. The maximum absolute atomic E-state index is 14.2. The fourth-order valence-corrected chi connectivity index (χ4v) is 5.02. The number of hydrogen-bond acceptors (Lipinski definition) is 4. The van der Waals surface area contributed by atoms with E-state index in [2.05, 4.69) is 9.88 Å². The molecule has 0 radical (unpaired) electrons. The van der Waals surface area contributed by atoms with Gasteiger partial charge in [-0.2, -0.15) is 0 Å². The molecule has 2 heterocycles. The van der Waals surface area contributed by atoms with Gasteiger partial charge in [0, 0.05) is 31.7 Å². The molecule has 0 atom stereocenters. The lowest BCUT2D eigenvalue weighted by Gasteiger charge is -2.36. The lowest BCUT2D eigenvalue weighted by atomic mass is 10.0. The van der Waals surface area contributed by atoms with E-state index in [0.29, 0.717) is 5.82 Å². The van der Waals surface area contributed by atoms with Crippen LogP contribution < -0.4 is 10.3 Å². The van der Waals surface area contributed by atoms with Crippen molar-refractivity contribution >= 4 is 10.9 Å². The lowest BCUT2D eigenvalue weighted by Crippen LogP contribution is -2.43. The molecule has 3 aromatic rings. The first-order valence-electron chi connectivity index (χ1n) is 11.3. The van der Waals surface area contributed by atoms with Crippen molar-refractivity contribution in [3.05, 3.63) is 58.6 Å². The highest BCUT2D eigenvalue weighted by Crippen LogP contribution is 2.28. The molecule has 1 saturated heterocycles. The van der Waals surface area contributed by atoms with Crippen LogP contribution in [0.25, 0.3) is 22.3 Å². The minimum atomic E-state index is -0.486. The topological polar surface area (TPSA) is 47.4 Å². The van der Waals surface area contributed by atoms with E-state index >= 15 is 0 Å². The van der Waals surface area contributed by atoms with Crippen LogP contribution in [-0.4, -0.2) is 39.7 Å². The molecule has 1 aliphatic heterocycles. The van der Waals surface area contributed by atoms with Gasteiger partial charge >= 0.3 is 0 Å². The van der Waals surface area contributed by atoms with Crippen LogP contribution in [0.4, 0.5) is 4.39 Å². The second kappa shape index (κ2) is 8.42. The van der Waals surface area contributed by atoms with Crippen LogP contribution in [0.1, 0.15) is 38.5 Å². The predicted molar refractivity (Wildman–Crippen MR) is 120 cm³/mol. The van der Waals surface area contributed by atoms with Crippen molar-refractivity contribution in [2.45, 2.75) is 50.7 Å². The van der Waals surface area contributed by atoms with Gasteiger partial charge in [0.25, 0.3) is 5.56 Å². The van der Waals surface area contributed by atoms with E-state index in [4.69, 9.17) is 4.74 Å². The van der Waals surface area contributed by atoms with Crippen LogP contribution in [0, 0.1) is 5.82 Å². The van der Waals surface area contributed by atoms with Crippen molar-refractivity contribution in [1.82, 2.24) is 14.5 Å². The molecular formula is C25H28FN3O2. The van der Waals surface area contributed by atoms with E-state index in [1.807, 2.05) is 24.3 Å². The van der Waals surface area contributed by atoms with Crippen LogP contribution in [0.3, 0.4) is 0 Å². The Morgan fingerprint density at radius 3 is 2.42 bits per heavy atom. The van der Waals surface area contributed by atoms with Crippen molar-refractivity contribution in [3.8, 4) is 17.1 Å². The average Bonchev–Trinajstić information content (AvgIpc) is 3.33. The fraction of sp³-hybridized carbons (Fsp3) is 0.440. The molecule has 6 heteroatoms. The molecule has 0 unspecified atom stereocenters. The largest absolute Gasteiger partial charge is 0.490 e. The number of aromatic nitrogens is 2. The summed E-state index contributed by atoms with van der Waals surface area (Å²) >= 11 is 0. The van der Waals surface area contributed by atoms with E-state index in [-0.39, 0.29) is 22.6 Å². The first kappa shape index (κ1) is 20.2. The summed E-state index contributed by atoms with van der Waals surface area (Å²) in [5.41, 5.74) is 0.608. The quantitative estimate of drug-likeness (QED) is 0.621. The smallest absolute Gasteiger partial charge is 0.261 e. The zero-order valence-electron chi connectivity index (χ0n) is 17.9. The van der Waals surface area contributed by atoms with Crippen molar-refractivity contribution in [2.75, 3.05) is 13.1 Å². The van der Waals surface area contributed by atoms with E-state index in [1.54, 1.807) is 13.1 Å². The third-order valence-electron chi connectivity index (χ3n) is 6.79. The molecule has 1 aromatic heterocycles. The summed E-state index contributed by atoms with van der Waals surface area (Å²) < 4.78 is 21.9. The Morgan fingerprint density at radius 1 is 1.00 bits per heavy atom. The summed E-state index contributed by atoms with van der Waals surface area (Å²) in [4.78, 5) is 19.7. The van der Waals surface area contributed by atoms with E-state index in [0.717, 1.165) is 43.3 Å². The highest BCUT2D eigenvalue weighted by Gasteiger charge is 2.27. The van der Waals surface area contributed by atoms with Gasteiger partial charge in [0.2, 0.25) is 0 Å². The fourth-order valence-electron chi connectivity index (χ4n) is 5.02. The molecule has 2 aliphatic rings. The van der Waals surface area contributed by atoms with Gasteiger partial charge in [-0.1, -0.05) is 18.9 Å². The number of hydrogen-bond donors (Lipinski definition) is 0. The molecule has 5 rings (SSSR count). The summed E-state index contributed by atoms with van der Waals surface area (Å²) in [6.45, 7) is 2.23. The average molecular weight is 422 g/mol. The summed E-state index contributed by atoms with van der Waals surface area (Å²) in [7, 11) is 1.66. The first-order valence-corrected chi connectivity index (χ1v) is 11.3. The Kier molecular flexibility index (Phi) is 5.48. The highest BCUT2D eigenvalue weighted by molar-refractivity contribution is 5.80. The number of likely N-dealkylation sites (tertiary alicyclic amines) is 1.